The van der Waals surface area contributed by atoms with Crippen molar-refractivity contribution in [3.05, 3.63) is 34.1 Å². The van der Waals surface area contributed by atoms with E-state index in [1.807, 2.05) is 0 Å². The molecule has 0 radical (unpaired) electrons. The quantitative estimate of drug-likeness (QED) is 0.750. The third-order valence-corrected chi connectivity index (χ3v) is 3.43. The Hall–Kier alpha value is -0.980. The van der Waals surface area contributed by atoms with E-state index >= 15 is 0 Å². The minimum atomic E-state index is -0.567. The molecule has 0 bridgehead atoms. The number of carbonyl (C=O) groups is 1. The molecular formula is C13H18BrFN2O2. The van der Waals surface area contributed by atoms with Crippen molar-refractivity contribution in [2.75, 3.05) is 13.7 Å². The highest BCUT2D eigenvalue weighted by molar-refractivity contribution is 9.10. The molecule has 4 nitrogen and oxygen atoms in total. The summed E-state index contributed by atoms with van der Waals surface area (Å²) in [6.07, 6.45) is 1.29. The van der Waals surface area contributed by atoms with Crippen LogP contribution in [-0.2, 0) is 16.1 Å². The first kappa shape index (κ1) is 16.1. The molecule has 1 unspecified atom stereocenters. The first-order valence-corrected chi connectivity index (χ1v) is 6.80. The van der Waals surface area contributed by atoms with Gasteiger partial charge >= 0.3 is 0 Å². The first-order valence-electron chi connectivity index (χ1n) is 6.00. The molecule has 3 N–H and O–H groups in total. The number of carbonyl (C=O) groups excluding carboxylic acids is 1. The lowest BCUT2D eigenvalue weighted by molar-refractivity contribution is -0.122. The lowest BCUT2D eigenvalue weighted by Gasteiger charge is -2.12. The van der Waals surface area contributed by atoms with Gasteiger partial charge in [-0.05, 0) is 36.6 Å². The van der Waals surface area contributed by atoms with E-state index in [1.54, 1.807) is 13.2 Å². The maximum Gasteiger partial charge on any atom is 0.237 e. The molecule has 1 amide bonds. The third kappa shape index (κ3) is 5.67. The Labute approximate surface area is 120 Å². The fourth-order valence-corrected chi connectivity index (χ4v) is 1.96. The molecule has 1 aromatic carbocycles. The van der Waals surface area contributed by atoms with Crippen molar-refractivity contribution in [2.45, 2.75) is 25.4 Å². The SMILES string of the molecule is COCCCC(N)C(=O)NCc1cc(F)ccc1Br. The van der Waals surface area contributed by atoms with E-state index in [9.17, 15) is 9.18 Å². The third-order valence-electron chi connectivity index (χ3n) is 2.66. The van der Waals surface area contributed by atoms with Crippen LogP contribution in [0.15, 0.2) is 22.7 Å². The standard InChI is InChI=1S/C13H18BrFN2O2/c1-19-6-2-3-12(16)13(18)17-8-9-7-10(15)4-5-11(9)14/h4-5,7,12H,2-3,6,8,16H2,1H3,(H,17,18). The zero-order valence-corrected chi connectivity index (χ0v) is 12.4. The van der Waals surface area contributed by atoms with Gasteiger partial charge in [0.1, 0.15) is 5.82 Å². The van der Waals surface area contributed by atoms with Crippen molar-refractivity contribution in [1.29, 1.82) is 0 Å². The molecule has 1 aromatic rings. The number of nitrogens with one attached hydrogen (secondary N) is 1. The molecule has 0 aromatic heterocycles. The number of amides is 1. The predicted molar refractivity (Wildman–Crippen MR) is 75.0 cm³/mol. The van der Waals surface area contributed by atoms with Gasteiger partial charge in [0.15, 0.2) is 0 Å². The Morgan fingerprint density at radius 1 is 1.58 bits per heavy atom. The fourth-order valence-electron chi connectivity index (χ4n) is 1.57. The van der Waals surface area contributed by atoms with Crippen LogP contribution in [0, 0.1) is 5.82 Å². The predicted octanol–water partition coefficient (Wildman–Crippen LogP) is 1.96. The van der Waals surface area contributed by atoms with Crippen molar-refractivity contribution < 1.29 is 13.9 Å². The van der Waals surface area contributed by atoms with Crippen molar-refractivity contribution in [3.63, 3.8) is 0 Å². The van der Waals surface area contributed by atoms with Gasteiger partial charge in [0.05, 0.1) is 6.04 Å². The zero-order chi connectivity index (χ0) is 14.3. The van der Waals surface area contributed by atoms with E-state index in [4.69, 9.17) is 10.5 Å². The molecule has 0 saturated heterocycles. The van der Waals surface area contributed by atoms with Crippen LogP contribution < -0.4 is 11.1 Å². The largest absolute Gasteiger partial charge is 0.385 e. The van der Waals surface area contributed by atoms with Crippen molar-refractivity contribution >= 4 is 21.8 Å². The van der Waals surface area contributed by atoms with Gasteiger partial charge in [-0.2, -0.15) is 0 Å². The molecule has 0 fully saturated rings. The summed E-state index contributed by atoms with van der Waals surface area (Å²) >= 11 is 3.30. The van der Waals surface area contributed by atoms with E-state index in [0.717, 1.165) is 10.9 Å². The highest BCUT2D eigenvalue weighted by Crippen LogP contribution is 2.17. The van der Waals surface area contributed by atoms with Crippen LogP contribution >= 0.6 is 15.9 Å². The number of hydrogen-bond acceptors (Lipinski definition) is 3. The van der Waals surface area contributed by atoms with E-state index in [-0.39, 0.29) is 18.3 Å². The molecule has 0 aliphatic carbocycles. The van der Waals surface area contributed by atoms with Crippen LogP contribution in [0.2, 0.25) is 0 Å². The average molecular weight is 333 g/mol. The highest BCUT2D eigenvalue weighted by atomic mass is 79.9. The topological polar surface area (TPSA) is 64.3 Å². The summed E-state index contributed by atoms with van der Waals surface area (Å²) in [4.78, 5) is 11.7. The Kier molecular flexibility index (Phi) is 6.97. The van der Waals surface area contributed by atoms with Crippen molar-refractivity contribution in [3.8, 4) is 0 Å². The van der Waals surface area contributed by atoms with Crippen LogP contribution in [0.25, 0.3) is 0 Å². The highest BCUT2D eigenvalue weighted by Gasteiger charge is 2.13. The normalized spacial score (nSPS) is 12.2. The minimum absolute atomic E-state index is 0.243. The maximum atomic E-state index is 13.1. The van der Waals surface area contributed by atoms with E-state index < -0.39 is 6.04 Å². The smallest absolute Gasteiger partial charge is 0.237 e. The van der Waals surface area contributed by atoms with Crippen LogP contribution in [0.3, 0.4) is 0 Å². The summed E-state index contributed by atoms with van der Waals surface area (Å²) in [5.74, 6) is -0.580. The summed E-state index contributed by atoms with van der Waals surface area (Å²) in [6, 6.07) is 3.77. The Morgan fingerprint density at radius 2 is 2.32 bits per heavy atom. The van der Waals surface area contributed by atoms with E-state index in [0.29, 0.717) is 18.6 Å². The molecule has 1 rings (SSSR count). The van der Waals surface area contributed by atoms with Gasteiger partial charge in [0.25, 0.3) is 0 Å². The van der Waals surface area contributed by atoms with Gasteiger partial charge < -0.3 is 15.8 Å². The molecule has 0 saturated carbocycles. The van der Waals surface area contributed by atoms with Gasteiger partial charge in [-0.25, -0.2) is 4.39 Å². The second kappa shape index (κ2) is 8.24. The second-order valence-electron chi connectivity index (χ2n) is 4.20. The fraction of sp³-hybridized carbons (Fsp3) is 0.462. The number of ether oxygens (including phenoxy) is 1. The van der Waals surface area contributed by atoms with E-state index in [1.165, 1.54) is 12.1 Å². The second-order valence-corrected chi connectivity index (χ2v) is 5.05. The molecule has 19 heavy (non-hydrogen) atoms. The van der Waals surface area contributed by atoms with Gasteiger partial charge in [0.2, 0.25) is 5.91 Å². The number of benzene rings is 1. The van der Waals surface area contributed by atoms with Crippen molar-refractivity contribution in [1.82, 2.24) is 5.32 Å². The minimum Gasteiger partial charge on any atom is -0.385 e. The monoisotopic (exact) mass is 332 g/mol. The lowest BCUT2D eigenvalue weighted by Crippen LogP contribution is -2.40. The number of methoxy groups -OCH3 is 1. The molecule has 1 atom stereocenters. The summed E-state index contributed by atoms with van der Waals surface area (Å²) in [5, 5.41) is 2.69. The van der Waals surface area contributed by atoms with E-state index in [2.05, 4.69) is 21.2 Å². The average Bonchev–Trinajstić information content (AvgIpc) is 2.39. The maximum absolute atomic E-state index is 13.1. The van der Waals surface area contributed by atoms with Gasteiger partial charge in [-0.3, -0.25) is 4.79 Å². The summed E-state index contributed by atoms with van der Waals surface area (Å²) in [7, 11) is 1.60. The summed E-state index contributed by atoms with van der Waals surface area (Å²) < 4.78 is 18.7. The lowest BCUT2D eigenvalue weighted by atomic mass is 10.1. The summed E-state index contributed by atoms with van der Waals surface area (Å²) in [5.41, 5.74) is 6.41. The van der Waals surface area contributed by atoms with Crippen LogP contribution in [0.1, 0.15) is 18.4 Å². The molecule has 6 heteroatoms. The zero-order valence-electron chi connectivity index (χ0n) is 10.8. The Bertz CT molecular complexity index is 429. The van der Waals surface area contributed by atoms with Gasteiger partial charge in [0, 0.05) is 24.7 Å². The summed E-state index contributed by atoms with van der Waals surface area (Å²) in [6.45, 7) is 0.825. The molecule has 0 heterocycles. The first-order chi connectivity index (χ1) is 9.04. The van der Waals surface area contributed by atoms with Crippen LogP contribution in [0.4, 0.5) is 4.39 Å². The van der Waals surface area contributed by atoms with Crippen molar-refractivity contribution in [2.24, 2.45) is 5.73 Å². The number of hydrogen-bond donors (Lipinski definition) is 2. The molecule has 0 spiro atoms. The molecule has 106 valence electrons. The number of rotatable bonds is 7. The molecular weight excluding hydrogens is 315 g/mol. The van der Waals surface area contributed by atoms with Crippen LogP contribution in [0.5, 0.6) is 0 Å². The Morgan fingerprint density at radius 3 is 3.00 bits per heavy atom. The number of nitrogens with two attached hydrogens (primary N) is 1. The van der Waals surface area contributed by atoms with Gasteiger partial charge in [-0.1, -0.05) is 15.9 Å². The van der Waals surface area contributed by atoms with Gasteiger partial charge in [-0.15, -0.1) is 0 Å². The number of halogens is 2. The Balaban J connectivity index is 2.43. The van der Waals surface area contributed by atoms with Crippen LogP contribution in [-0.4, -0.2) is 25.7 Å². The molecule has 0 aliphatic heterocycles. The molecule has 0 aliphatic rings.